The fourth-order valence-corrected chi connectivity index (χ4v) is 2.37. The van der Waals surface area contributed by atoms with Crippen molar-refractivity contribution >= 4 is 16.7 Å². The van der Waals surface area contributed by atoms with Crippen molar-refractivity contribution in [2.75, 3.05) is 0 Å². The number of pyridine rings is 1. The predicted molar refractivity (Wildman–Crippen MR) is 78.5 cm³/mol. The molecule has 0 radical (unpaired) electrons. The van der Waals surface area contributed by atoms with Crippen LogP contribution in [0.4, 0.5) is 0 Å². The molecule has 0 fully saturated rings. The molecule has 0 aliphatic rings. The molecule has 3 heterocycles. The lowest BCUT2D eigenvalue weighted by atomic mass is 10.2. The molecule has 0 amide bonds. The summed E-state index contributed by atoms with van der Waals surface area (Å²) in [6.07, 6.45) is 5.62. The molecule has 1 aromatic carbocycles. The lowest BCUT2D eigenvalue weighted by Crippen LogP contribution is -1.92. The second-order valence-electron chi connectivity index (χ2n) is 4.82. The van der Waals surface area contributed by atoms with Gasteiger partial charge in [0.05, 0.1) is 29.1 Å². The Labute approximate surface area is 115 Å². The molecule has 0 atom stereocenters. The van der Waals surface area contributed by atoms with Crippen LogP contribution < -0.4 is 0 Å². The lowest BCUT2D eigenvalue weighted by molar-refractivity contribution is 1.16. The number of fused-ring (bicyclic) bond motifs is 2. The minimum atomic E-state index is 0.835. The quantitative estimate of drug-likeness (QED) is 0.527. The first-order valence-corrected chi connectivity index (χ1v) is 6.47. The van der Waals surface area contributed by atoms with E-state index in [1.165, 1.54) is 5.56 Å². The van der Waals surface area contributed by atoms with Crippen LogP contribution in [0.5, 0.6) is 0 Å². The standard InChI is InChI=1S/C16H12N4/c1-11-5-6-12-13(8-11)19-14(9-17-12)15-10-18-16-4-2-3-7-20(15)16/h2-10H,1H3. The highest BCUT2D eigenvalue weighted by Gasteiger charge is 2.08. The Morgan fingerprint density at radius 1 is 0.950 bits per heavy atom. The van der Waals surface area contributed by atoms with E-state index in [1.807, 2.05) is 47.1 Å². The normalized spacial score (nSPS) is 11.2. The van der Waals surface area contributed by atoms with Gasteiger partial charge >= 0.3 is 0 Å². The van der Waals surface area contributed by atoms with Gasteiger partial charge in [0.2, 0.25) is 0 Å². The van der Waals surface area contributed by atoms with Gasteiger partial charge in [-0.3, -0.25) is 9.38 Å². The number of aryl methyl sites for hydroxylation is 1. The molecule has 0 saturated carbocycles. The van der Waals surface area contributed by atoms with Crippen LogP contribution in [0, 0.1) is 6.92 Å². The Morgan fingerprint density at radius 2 is 1.90 bits per heavy atom. The summed E-state index contributed by atoms with van der Waals surface area (Å²) in [6, 6.07) is 12.0. The molecule has 4 rings (SSSR count). The van der Waals surface area contributed by atoms with Gasteiger partial charge in [-0.15, -0.1) is 0 Å². The van der Waals surface area contributed by atoms with Crippen molar-refractivity contribution in [2.24, 2.45) is 0 Å². The van der Waals surface area contributed by atoms with Gasteiger partial charge in [0, 0.05) is 6.20 Å². The fourth-order valence-electron chi connectivity index (χ4n) is 2.37. The third kappa shape index (κ3) is 1.66. The third-order valence-electron chi connectivity index (χ3n) is 3.38. The van der Waals surface area contributed by atoms with Gasteiger partial charge < -0.3 is 0 Å². The number of hydrogen-bond donors (Lipinski definition) is 0. The Hall–Kier alpha value is -2.75. The average Bonchev–Trinajstić information content (AvgIpc) is 2.90. The molecule has 4 aromatic rings. The molecule has 0 N–H and O–H groups in total. The maximum absolute atomic E-state index is 4.71. The van der Waals surface area contributed by atoms with Crippen molar-refractivity contribution in [3.05, 3.63) is 60.6 Å². The molecule has 0 bridgehead atoms. The van der Waals surface area contributed by atoms with E-state index in [0.29, 0.717) is 0 Å². The highest BCUT2D eigenvalue weighted by atomic mass is 15.0. The molecule has 0 unspecified atom stereocenters. The molecule has 0 aliphatic carbocycles. The summed E-state index contributed by atoms with van der Waals surface area (Å²) in [5.74, 6) is 0. The maximum Gasteiger partial charge on any atom is 0.137 e. The van der Waals surface area contributed by atoms with E-state index in [0.717, 1.165) is 28.1 Å². The average molecular weight is 260 g/mol. The Bertz CT molecular complexity index is 924. The van der Waals surface area contributed by atoms with Gasteiger partial charge in [-0.2, -0.15) is 0 Å². The fraction of sp³-hybridized carbons (Fsp3) is 0.0625. The molecular formula is C16H12N4. The third-order valence-corrected chi connectivity index (χ3v) is 3.38. The van der Waals surface area contributed by atoms with Gasteiger partial charge in [-0.05, 0) is 36.8 Å². The number of imidazole rings is 1. The van der Waals surface area contributed by atoms with E-state index in [2.05, 4.69) is 23.0 Å². The Balaban J connectivity index is 1.97. The van der Waals surface area contributed by atoms with Crippen molar-refractivity contribution in [3.8, 4) is 11.4 Å². The molecule has 4 heteroatoms. The first kappa shape index (κ1) is 11.1. The summed E-state index contributed by atoms with van der Waals surface area (Å²) in [5.41, 5.74) is 5.70. The SMILES string of the molecule is Cc1ccc2ncc(-c3cnc4ccccn34)nc2c1. The van der Waals surface area contributed by atoms with Crippen LogP contribution in [0.1, 0.15) is 5.56 Å². The zero-order chi connectivity index (χ0) is 13.5. The smallest absolute Gasteiger partial charge is 0.137 e. The summed E-state index contributed by atoms with van der Waals surface area (Å²) in [4.78, 5) is 13.6. The van der Waals surface area contributed by atoms with Crippen LogP contribution in [0.2, 0.25) is 0 Å². The molecule has 0 saturated heterocycles. The second-order valence-corrected chi connectivity index (χ2v) is 4.82. The highest BCUT2D eigenvalue weighted by Crippen LogP contribution is 2.20. The van der Waals surface area contributed by atoms with Crippen LogP contribution in [-0.2, 0) is 0 Å². The molecule has 96 valence electrons. The zero-order valence-corrected chi connectivity index (χ0v) is 11.0. The first-order valence-electron chi connectivity index (χ1n) is 6.47. The van der Waals surface area contributed by atoms with Gasteiger partial charge in [-0.25, -0.2) is 9.97 Å². The monoisotopic (exact) mass is 260 g/mol. The number of rotatable bonds is 1. The summed E-state index contributed by atoms with van der Waals surface area (Å²) >= 11 is 0. The summed E-state index contributed by atoms with van der Waals surface area (Å²) < 4.78 is 2.02. The van der Waals surface area contributed by atoms with Gasteiger partial charge in [0.15, 0.2) is 0 Å². The molecule has 4 nitrogen and oxygen atoms in total. The Morgan fingerprint density at radius 3 is 2.85 bits per heavy atom. The van der Waals surface area contributed by atoms with Crippen LogP contribution in [0.3, 0.4) is 0 Å². The number of benzene rings is 1. The van der Waals surface area contributed by atoms with Gasteiger partial charge in [-0.1, -0.05) is 12.1 Å². The molecule has 0 aliphatic heterocycles. The first-order chi connectivity index (χ1) is 9.81. The highest BCUT2D eigenvalue weighted by molar-refractivity contribution is 5.77. The minimum absolute atomic E-state index is 0.835. The maximum atomic E-state index is 4.71. The minimum Gasteiger partial charge on any atom is -0.298 e. The largest absolute Gasteiger partial charge is 0.298 e. The Kier molecular flexibility index (Phi) is 2.29. The number of aromatic nitrogens is 4. The van der Waals surface area contributed by atoms with E-state index in [4.69, 9.17) is 4.98 Å². The molecule has 3 aromatic heterocycles. The van der Waals surface area contributed by atoms with Crippen LogP contribution in [0.25, 0.3) is 28.1 Å². The predicted octanol–water partition coefficient (Wildman–Crippen LogP) is 3.25. The van der Waals surface area contributed by atoms with E-state index in [1.54, 1.807) is 6.20 Å². The van der Waals surface area contributed by atoms with E-state index in [-0.39, 0.29) is 0 Å². The van der Waals surface area contributed by atoms with Crippen molar-refractivity contribution in [1.29, 1.82) is 0 Å². The van der Waals surface area contributed by atoms with Crippen molar-refractivity contribution in [3.63, 3.8) is 0 Å². The van der Waals surface area contributed by atoms with E-state index < -0.39 is 0 Å². The summed E-state index contributed by atoms with van der Waals surface area (Å²) in [5, 5.41) is 0. The topological polar surface area (TPSA) is 43.1 Å². The number of hydrogen-bond acceptors (Lipinski definition) is 3. The number of nitrogens with zero attached hydrogens (tertiary/aromatic N) is 4. The van der Waals surface area contributed by atoms with Gasteiger partial charge in [0.25, 0.3) is 0 Å². The second kappa shape index (κ2) is 4.13. The van der Waals surface area contributed by atoms with Crippen molar-refractivity contribution in [2.45, 2.75) is 6.92 Å². The summed E-state index contributed by atoms with van der Waals surface area (Å²) in [6.45, 7) is 2.06. The molecule has 20 heavy (non-hydrogen) atoms. The van der Waals surface area contributed by atoms with E-state index in [9.17, 15) is 0 Å². The zero-order valence-electron chi connectivity index (χ0n) is 11.0. The van der Waals surface area contributed by atoms with Crippen molar-refractivity contribution < 1.29 is 0 Å². The van der Waals surface area contributed by atoms with Gasteiger partial charge in [0.1, 0.15) is 11.3 Å². The lowest BCUT2D eigenvalue weighted by Gasteiger charge is -2.03. The van der Waals surface area contributed by atoms with Crippen molar-refractivity contribution in [1.82, 2.24) is 19.4 Å². The van der Waals surface area contributed by atoms with Crippen LogP contribution in [0.15, 0.2) is 55.0 Å². The van der Waals surface area contributed by atoms with E-state index >= 15 is 0 Å². The molecular weight excluding hydrogens is 248 g/mol. The van der Waals surface area contributed by atoms with Crippen LogP contribution >= 0.6 is 0 Å². The molecule has 0 spiro atoms. The summed E-state index contributed by atoms with van der Waals surface area (Å²) in [7, 11) is 0. The van der Waals surface area contributed by atoms with Crippen LogP contribution in [-0.4, -0.2) is 19.4 Å².